The molecule has 1 aromatic rings. The van der Waals surface area contributed by atoms with Crippen LogP contribution in [0.25, 0.3) is 0 Å². The number of nitrogens with zero attached hydrogens (tertiary/aromatic N) is 5. The Morgan fingerprint density at radius 1 is 1.07 bits per heavy atom. The topological polar surface area (TPSA) is 124 Å². The molecule has 1 aliphatic carbocycles. The van der Waals surface area contributed by atoms with Crippen LogP contribution in [-0.4, -0.2) is 34.1 Å². The van der Waals surface area contributed by atoms with E-state index in [0.717, 1.165) is 0 Å². The fourth-order valence-electron chi connectivity index (χ4n) is 3.04. The summed E-state index contributed by atoms with van der Waals surface area (Å²) in [5.74, 6) is -1.34. The van der Waals surface area contributed by atoms with Crippen molar-refractivity contribution in [2.75, 3.05) is 5.01 Å². The molecule has 0 radical (unpaired) electrons. The van der Waals surface area contributed by atoms with Gasteiger partial charge in [-0.15, -0.1) is 10.2 Å². The van der Waals surface area contributed by atoms with Crippen LogP contribution in [0.2, 0.25) is 0 Å². The van der Waals surface area contributed by atoms with Crippen molar-refractivity contribution in [1.82, 2.24) is 5.23 Å². The summed E-state index contributed by atoms with van der Waals surface area (Å²) >= 11 is 0. The van der Waals surface area contributed by atoms with Crippen LogP contribution >= 0.6 is 0 Å². The first-order valence-corrected chi connectivity index (χ1v) is 9.29. The van der Waals surface area contributed by atoms with Crippen molar-refractivity contribution in [1.29, 1.82) is 0 Å². The maximum absolute atomic E-state index is 12.7. The Kier molecular flexibility index (Phi) is 5.77. The zero-order valence-electron chi connectivity index (χ0n) is 17.1. The largest absolute Gasteiger partial charge is 0.769 e. The van der Waals surface area contributed by atoms with E-state index in [4.69, 9.17) is 0 Å². The molecule has 0 fully saturated rings. The zero-order valence-corrected chi connectivity index (χ0v) is 17.1. The van der Waals surface area contributed by atoms with Gasteiger partial charge in [0.1, 0.15) is 5.71 Å². The lowest BCUT2D eigenvalue weighted by Gasteiger charge is -2.40. The van der Waals surface area contributed by atoms with Crippen LogP contribution in [-0.2, 0) is 9.59 Å². The minimum absolute atomic E-state index is 0.0258. The van der Waals surface area contributed by atoms with Gasteiger partial charge >= 0.3 is 5.91 Å². The number of amides is 1. The van der Waals surface area contributed by atoms with E-state index >= 15 is 0 Å². The molecule has 9 nitrogen and oxygen atoms in total. The lowest BCUT2D eigenvalue weighted by atomic mass is 9.85. The Bertz CT molecular complexity index is 1030. The molecule has 0 saturated carbocycles. The van der Waals surface area contributed by atoms with Gasteiger partial charge in [-0.3, -0.25) is 9.59 Å². The fourth-order valence-corrected chi connectivity index (χ4v) is 3.04. The predicted octanol–water partition coefficient (Wildman–Crippen LogP) is 3.33. The lowest BCUT2D eigenvalue weighted by Crippen LogP contribution is -2.28. The molecule has 0 unspecified atom stereocenters. The monoisotopic (exact) mass is 407 g/mol. The Hall–Kier alpha value is -3.43. The average molecular weight is 407 g/mol. The average Bonchev–Trinajstić information content (AvgIpc) is 2.95. The molecule has 30 heavy (non-hydrogen) atoms. The van der Waals surface area contributed by atoms with Gasteiger partial charge in [0.15, 0.2) is 5.71 Å². The third-order valence-corrected chi connectivity index (χ3v) is 4.29. The SMILES string of the molecule is CC1=NN(c2ccccc2)C(=O)C1=NN=C1C=C(CC(C)(C)C)C=C(N([O-])[O-])C1=O. The van der Waals surface area contributed by atoms with Crippen LogP contribution in [0.1, 0.15) is 34.1 Å². The van der Waals surface area contributed by atoms with Crippen LogP contribution in [0.5, 0.6) is 0 Å². The molecule has 1 amide bonds. The quantitative estimate of drug-likeness (QED) is 0.559. The Morgan fingerprint density at radius 2 is 1.73 bits per heavy atom. The highest BCUT2D eigenvalue weighted by Gasteiger charge is 2.31. The highest BCUT2D eigenvalue weighted by atomic mass is 16.8. The van der Waals surface area contributed by atoms with Crippen molar-refractivity contribution in [2.45, 2.75) is 34.1 Å². The summed E-state index contributed by atoms with van der Waals surface area (Å²) < 4.78 is 0. The molecule has 0 spiro atoms. The molecule has 0 saturated heterocycles. The zero-order chi connectivity index (χ0) is 22.1. The van der Waals surface area contributed by atoms with Crippen molar-refractivity contribution < 1.29 is 9.59 Å². The van der Waals surface area contributed by atoms with Crippen molar-refractivity contribution in [3.8, 4) is 0 Å². The second-order valence-corrected chi connectivity index (χ2v) is 8.14. The molecule has 0 bridgehead atoms. The summed E-state index contributed by atoms with van der Waals surface area (Å²) in [6.45, 7) is 7.55. The summed E-state index contributed by atoms with van der Waals surface area (Å²) in [5, 5.41) is 35.1. The van der Waals surface area contributed by atoms with Gasteiger partial charge in [-0.2, -0.15) is 10.1 Å². The summed E-state index contributed by atoms with van der Waals surface area (Å²) in [6.07, 6.45) is 3.25. The third-order valence-electron chi connectivity index (χ3n) is 4.29. The van der Waals surface area contributed by atoms with E-state index in [0.29, 0.717) is 23.4 Å². The number of hydrogen-bond acceptors (Lipinski definition) is 8. The number of allylic oxidation sites excluding steroid dienone is 4. The van der Waals surface area contributed by atoms with E-state index < -0.39 is 22.6 Å². The number of benzene rings is 1. The van der Waals surface area contributed by atoms with Gasteiger partial charge < -0.3 is 15.6 Å². The first-order valence-electron chi connectivity index (χ1n) is 9.29. The molecular weight excluding hydrogens is 386 g/mol. The smallest absolute Gasteiger partial charge is 0.301 e. The number of Topliss-reactive ketones (excluding diaryl/α,β-unsaturated/α-hetero) is 1. The first kappa shape index (κ1) is 21.3. The number of anilines is 1. The standard InChI is InChI=1S/C21H21N5O4/c1-13-18(20(28)25(24-13)15-8-6-5-7-9-15)23-22-16-10-14(12-21(2,3)4)11-17(19(16)27)26(29)30/h5-11H,12H2,1-4H3/q-2. The molecule has 1 aromatic carbocycles. The number of carbonyl (C=O) groups excluding carboxylic acids is 2. The Morgan fingerprint density at radius 3 is 2.33 bits per heavy atom. The molecule has 3 rings (SSSR count). The van der Waals surface area contributed by atoms with E-state index in [-0.39, 0.29) is 16.8 Å². The second-order valence-electron chi connectivity index (χ2n) is 8.14. The molecule has 0 aromatic heterocycles. The minimum Gasteiger partial charge on any atom is -0.769 e. The summed E-state index contributed by atoms with van der Waals surface area (Å²) in [5.41, 5.74) is 0.575. The van der Waals surface area contributed by atoms with E-state index in [9.17, 15) is 20.0 Å². The number of hydrazone groups is 1. The van der Waals surface area contributed by atoms with Gasteiger partial charge in [0, 0.05) is 0 Å². The number of hydroxylamine groups is 2. The van der Waals surface area contributed by atoms with Crippen LogP contribution in [0.4, 0.5) is 5.69 Å². The van der Waals surface area contributed by atoms with E-state index in [1.165, 1.54) is 17.2 Å². The summed E-state index contributed by atoms with van der Waals surface area (Å²) in [7, 11) is 0. The normalized spacial score (nSPS) is 19.9. The molecular formula is C21H21N5O4-2. The highest BCUT2D eigenvalue weighted by Crippen LogP contribution is 2.28. The summed E-state index contributed by atoms with van der Waals surface area (Å²) in [4.78, 5) is 25.1. The van der Waals surface area contributed by atoms with Crippen LogP contribution in [0.3, 0.4) is 0 Å². The van der Waals surface area contributed by atoms with Crippen LogP contribution in [0.15, 0.2) is 69.1 Å². The summed E-state index contributed by atoms with van der Waals surface area (Å²) in [6, 6.07) is 8.82. The van der Waals surface area contributed by atoms with Crippen LogP contribution in [0, 0.1) is 15.8 Å². The number of ketones is 1. The maximum atomic E-state index is 12.7. The van der Waals surface area contributed by atoms with E-state index in [1.807, 2.05) is 26.8 Å². The highest BCUT2D eigenvalue weighted by molar-refractivity contribution is 6.71. The van der Waals surface area contributed by atoms with Crippen molar-refractivity contribution in [3.05, 3.63) is 64.2 Å². The first-order chi connectivity index (χ1) is 14.1. The van der Waals surface area contributed by atoms with Gasteiger partial charge in [-0.05, 0) is 48.6 Å². The van der Waals surface area contributed by atoms with E-state index in [1.54, 1.807) is 31.2 Å². The van der Waals surface area contributed by atoms with Gasteiger partial charge in [-0.1, -0.05) is 39.0 Å². The number of hydrogen-bond donors (Lipinski definition) is 0. The van der Waals surface area contributed by atoms with Crippen molar-refractivity contribution in [3.63, 3.8) is 0 Å². The van der Waals surface area contributed by atoms with E-state index in [2.05, 4.69) is 15.3 Å². The van der Waals surface area contributed by atoms with Crippen LogP contribution < -0.4 is 5.01 Å². The van der Waals surface area contributed by atoms with Gasteiger partial charge in [0.25, 0.3) is 0 Å². The number of rotatable bonds is 4. The van der Waals surface area contributed by atoms with Gasteiger partial charge in [0.2, 0.25) is 5.78 Å². The predicted molar refractivity (Wildman–Crippen MR) is 116 cm³/mol. The molecule has 0 N–H and O–H groups in total. The molecule has 0 atom stereocenters. The number of para-hydroxylation sites is 1. The second kappa shape index (κ2) is 8.13. The number of carbonyl (C=O) groups is 2. The maximum Gasteiger partial charge on any atom is 0.301 e. The Balaban J connectivity index is 1.94. The molecule has 1 aliphatic heterocycles. The lowest BCUT2D eigenvalue weighted by molar-refractivity contribution is -0.112. The minimum atomic E-state index is -0.845. The fraction of sp³-hybridized carbons (Fsp3) is 0.286. The van der Waals surface area contributed by atoms with Gasteiger partial charge in [0.05, 0.1) is 17.1 Å². The van der Waals surface area contributed by atoms with Crippen molar-refractivity contribution >= 4 is 34.5 Å². The molecule has 156 valence electrons. The Labute approximate surface area is 173 Å². The molecule has 1 heterocycles. The molecule has 9 heteroatoms. The molecule has 2 aliphatic rings. The van der Waals surface area contributed by atoms with Crippen molar-refractivity contribution in [2.24, 2.45) is 20.7 Å². The third kappa shape index (κ3) is 4.58. The van der Waals surface area contributed by atoms with Gasteiger partial charge in [-0.25, -0.2) is 0 Å².